The molecule has 6 rings (SSSR count). The van der Waals surface area contributed by atoms with Crippen LogP contribution in [0.25, 0.3) is 55.2 Å². The molecular weight excluding hydrogens is 432 g/mol. The van der Waals surface area contributed by atoms with E-state index >= 15 is 0 Å². The number of nitrogens with one attached hydrogen (secondary N) is 2. The van der Waals surface area contributed by atoms with Crippen molar-refractivity contribution in [2.75, 3.05) is 14.1 Å². The maximum atomic E-state index is 4.90. The summed E-state index contributed by atoms with van der Waals surface area (Å²) < 4.78 is 0. The van der Waals surface area contributed by atoms with E-state index in [4.69, 9.17) is 4.98 Å². The van der Waals surface area contributed by atoms with Crippen LogP contribution in [0.1, 0.15) is 5.56 Å². The molecule has 0 amide bonds. The fraction of sp³-hybridized carbons (Fsp3) is 0.125. The summed E-state index contributed by atoms with van der Waals surface area (Å²) in [6.45, 7) is 0.819. The van der Waals surface area contributed by atoms with Gasteiger partial charge in [-0.05, 0) is 43.2 Å². The second kappa shape index (κ2) is 7.88. The van der Waals surface area contributed by atoms with Crippen LogP contribution in [-0.4, -0.2) is 54.1 Å². The smallest absolute Gasteiger partial charge is 0.159 e. The number of hydrogen-bond acceptors (Lipinski definition) is 7. The van der Waals surface area contributed by atoms with E-state index in [0.29, 0.717) is 5.82 Å². The van der Waals surface area contributed by atoms with Crippen LogP contribution in [-0.2, 0) is 6.54 Å². The summed E-state index contributed by atoms with van der Waals surface area (Å²) in [6.07, 6.45) is 9.19. The predicted molar refractivity (Wildman–Crippen MR) is 131 cm³/mol. The average Bonchev–Trinajstić information content (AvgIpc) is 3.57. The summed E-state index contributed by atoms with van der Waals surface area (Å²) in [5, 5.41) is 10.6. The third kappa shape index (κ3) is 3.57. The minimum Gasteiger partial charge on any atom is -0.335 e. The Bertz CT molecular complexity index is 1580. The van der Waals surface area contributed by atoms with Crippen LogP contribution >= 0.6 is 11.3 Å². The molecule has 0 unspecified atom stereocenters. The number of aromatic nitrogens is 7. The van der Waals surface area contributed by atoms with E-state index in [1.165, 1.54) is 0 Å². The normalized spacial score (nSPS) is 11.7. The zero-order valence-electron chi connectivity index (χ0n) is 18.1. The van der Waals surface area contributed by atoms with Gasteiger partial charge in [-0.1, -0.05) is 6.07 Å². The second-order valence-electron chi connectivity index (χ2n) is 8.15. The second-order valence-corrected chi connectivity index (χ2v) is 9.10. The minimum atomic E-state index is 0.693. The van der Waals surface area contributed by atoms with Crippen molar-refractivity contribution in [3.63, 3.8) is 0 Å². The summed E-state index contributed by atoms with van der Waals surface area (Å²) >= 11 is 1.67. The lowest BCUT2D eigenvalue weighted by molar-refractivity contribution is 0.402. The van der Waals surface area contributed by atoms with Crippen LogP contribution in [0.2, 0.25) is 0 Å². The van der Waals surface area contributed by atoms with Gasteiger partial charge in [0, 0.05) is 46.5 Å². The van der Waals surface area contributed by atoms with Gasteiger partial charge in [0.1, 0.15) is 11.2 Å². The molecule has 162 valence electrons. The van der Waals surface area contributed by atoms with E-state index in [-0.39, 0.29) is 0 Å². The van der Waals surface area contributed by atoms with Gasteiger partial charge >= 0.3 is 0 Å². The topological polar surface area (TPSA) is 99.3 Å². The molecule has 33 heavy (non-hydrogen) atoms. The molecule has 0 spiro atoms. The van der Waals surface area contributed by atoms with Crippen molar-refractivity contribution in [2.24, 2.45) is 0 Å². The van der Waals surface area contributed by atoms with E-state index in [0.717, 1.165) is 61.4 Å². The zero-order chi connectivity index (χ0) is 22.4. The third-order valence-corrected chi connectivity index (χ3v) is 6.34. The first-order valence-corrected chi connectivity index (χ1v) is 11.3. The van der Waals surface area contributed by atoms with Gasteiger partial charge < -0.3 is 9.88 Å². The van der Waals surface area contributed by atoms with Crippen molar-refractivity contribution < 1.29 is 0 Å². The lowest BCUT2D eigenvalue weighted by Crippen LogP contribution is -2.10. The van der Waals surface area contributed by atoms with Gasteiger partial charge in [-0.15, -0.1) is 11.3 Å². The van der Waals surface area contributed by atoms with Gasteiger partial charge in [0.05, 0.1) is 29.1 Å². The fourth-order valence-corrected chi connectivity index (χ4v) is 4.73. The minimum absolute atomic E-state index is 0.693. The van der Waals surface area contributed by atoms with Crippen molar-refractivity contribution >= 4 is 33.3 Å². The van der Waals surface area contributed by atoms with Crippen LogP contribution in [0.15, 0.2) is 60.6 Å². The van der Waals surface area contributed by atoms with Crippen LogP contribution in [0.4, 0.5) is 0 Å². The van der Waals surface area contributed by atoms with E-state index in [1.54, 1.807) is 23.7 Å². The van der Waals surface area contributed by atoms with Crippen molar-refractivity contribution in [3.8, 4) is 33.2 Å². The molecular formula is C24H20N8S. The number of pyridine rings is 3. The van der Waals surface area contributed by atoms with E-state index in [2.05, 4.69) is 52.5 Å². The molecule has 0 atom stereocenters. The molecule has 0 saturated heterocycles. The Hall–Kier alpha value is -3.95. The monoisotopic (exact) mass is 452 g/mol. The van der Waals surface area contributed by atoms with Crippen molar-refractivity contribution in [3.05, 3.63) is 66.2 Å². The van der Waals surface area contributed by atoms with Crippen LogP contribution < -0.4 is 0 Å². The first-order valence-electron chi connectivity index (χ1n) is 10.5. The summed E-state index contributed by atoms with van der Waals surface area (Å²) in [4.78, 5) is 25.0. The Labute approximate surface area is 193 Å². The predicted octanol–water partition coefficient (Wildman–Crippen LogP) is 4.75. The fourth-order valence-electron chi connectivity index (χ4n) is 3.99. The average molecular weight is 453 g/mol. The molecule has 6 aromatic heterocycles. The van der Waals surface area contributed by atoms with Gasteiger partial charge in [-0.25, -0.2) is 4.98 Å². The SMILES string of the molecule is CN(C)Cc1cncc(-c2cc3c(-c4nc5c(-c6cccs6)cncc5[nH]4)n[nH]c3cn2)c1. The molecule has 0 aliphatic carbocycles. The van der Waals surface area contributed by atoms with Crippen LogP contribution in [0.3, 0.4) is 0 Å². The molecule has 0 saturated carbocycles. The van der Waals surface area contributed by atoms with Gasteiger partial charge in [-0.3, -0.25) is 20.1 Å². The first-order chi connectivity index (χ1) is 16.2. The molecule has 6 aromatic rings. The van der Waals surface area contributed by atoms with Crippen LogP contribution in [0, 0.1) is 0 Å². The van der Waals surface area contributed by atoms with Gasteiger partial charge in [-0.2, -0.15) is 5.10 Å². The van der Waals surface area contributed by atoms with Crippen molar-refractivity contribution in [2.45, 2.75) is 6.54 Å². The highest BCUT2D eigenvalue weighted by atomic mass is 32.1. The number of imidazole rings is 1. The Morgan fingerprint density at radius 3 is 2.76 bits per heavy atom. The highest BCUT2D eigenvalue weighted by Crippen LogP contribution is 2.33. The molecule has 9 heteroatoms. The lowest BCUT2D eigenvalue weighted by atomic mass is 10.1. The van der Waals surface area contributed by atoms with Gasteiger partial charge in [0.15, 0.2) is 5.82 Å². The van der Waals surface area contributed by atoms with Crippen LogP contribution in [0.5, 0.6) is 0 Å². The molecule has 8 nitrogen and oxygen atoms in total. The largest absolute Gasteiger partial charge is 0.335 e. The molecule has 0 aliphatic rings. The molecule has 0 bridgehead atoms. The number of thiophene rings is 1. The maximum absolute atomic E-state index is 4.90. The molecule has 2 N–H and O–H groups in total. The van der Waals surface area contributed by atoms with E-state index in [1.807, 2.05) is 44.8 Å². The van der Waals surface area contributed by atoms with Crippen molar-refractivity contribution in [1.82, 2.24) is 40.0 Å². The maximum Gasteiger partial charge on any atom is 0.159 e. The standard InChI is InChI=1S/C24H20N8S/c1-32(2)13-14-6-15(9-25-8-14)18-7-16-19(12-27-18)30-31-23(16)24-28-20-11-26-10-17(22(20)29-24)21-4-3-5-33-21/h3-12H,13H2,1-2H3,(H,28,29)(H,30,31). The first kappa shape index (κ1) is 19.7. The highest BCUT2D eigenvalue weighted by Gasteiger charge is 2.17. The summed E-state index contributed by atoms with van der Waals surface area (Å²) in [7, 11) is 4.09. The Kier molecular flexibility index (Phi) is 4.70. The number of H-pyrrole nitrogens is 2. The summed E-state index contributed by atoms with van der Waals surface area (Å²) in [5.74, 6) is 0.693. The number of aromatic amines is 2. The Morgan fingerprint density at radius 1 is 1.00 bits per heavy atom. The lowest BCUT2D eigenvalue weighted by Gasteiger charge is -2.10. The van der Waals surface area contributed by atoms with Crippen molar-refractivity contribution in [1.29, 1.82) is 0 Å². The third-order valence-electron chi connectivity index (χ3n) is 5.44. The van der Waals surface area contributed by atoms with E-state index in [9.17, 15) is 0 Å². The van der Waals surface area contributed by atoms with Gasteiger partial charge in [0.2, 0.25) is 0 Å². The zero-order valence-corrected chi connectivity index (χ0v) is 18.9. The molecule has 0 radical (unpaired) electrons. The molecule has 0 aromatic carbocycles. The van der Waals surface area contributed by atoms with Gasteiger partial charge in [0.25, 0.3) is 0 Å². The number of nitrogens with zero attached hydrogens (tertiary/aromatic N) is 6. The molecule has 6 heterocycles. The molecule has 0 aliphatic heterocycles. The summed E-state index contributed by atoms with van der Waals surface area (Å²) in [5.41, 5.74) is 7.32. The Morgan fingerprint density at radius 2 is 1.91 bits per heavy atom. The number of hydrogen-bond donors (Lipinski definition) is 2. The highest BCUT2D eigenvalue weighted by molar-refractivity contribution is 7.13. The number of rotatable bonds is 5. The summed E-state index contributed by atoms with van der Waals surface area (Å²) in [6, 6.07) is 8.28. The quantitative estimate of drug-likeness (QED) is 0.392. The number of fused-ring (bicyclic) bond motifs is 2. The molecule has 0 fully saturated rings. The Balaban J connectivity index is 1.45. The van der Waals surface area contributed by atoms with E-state index < -0.39 is 0 Å².